The number of halogens is 2. The van der Waals surface area contributed by atoms with E-state index < -0.39 is 5.54 Å². The van der Waals surface area contributed by atoms with Crippen LogP contribution in [0.2, 0.25) is 5.02 Å². The molecule has 1 aromatic heterocycles. The second-order valence-corrected chi connectivity index (χ2v) is 8.18. The topological polar surface area (TPSA) is 58.7 Å². The summed E-state index contributed by atoms with van der Waals surface area (Å²) in [6, 6.07) is 10.3. The van der Waals surface area contributed by atoms with Gasteiger partial charge in [-0.3, -0.25) is 9.69 Å². The summed E-state index contributed by atoms with van der Waals surface area (Å²) in [4.78, 5) is 18.3. The van der Waals surface area contributed by atoms with Crippen LogP contribution in [0.1, 0.15) is 18.9 Å². The molecule has 1 amide bonds. The third-order valence-corrected chi connectivity index (χ3v) is 6.26. The molecule has 1 atom stereocenters. The minimum atomic E-state index is -0.793. The molecule has 2 aromatic carbocycles. The van der Waals surface area contributed by atoms with E-state index in [0.717, 1.165) is 21.2 Å². The van der Waals surface area contributed by atoms with E-state index in [9.17, 15) is 9.18 Å². The molecule has 0 saturated heterocycles. The molecule has 2 N–H and O–H groups in total. The number of benzene rings is 2. The molecule has 3 aromatic rings. The summed E-state index contributed by atoms with van der Waals surface area (Å²) in [5.41, 5.74) is 7.44. The molecule has 0 aliphatic carbocycles. The summed E-state index contributed by atoms with van der Waals surface area (Å²) in [7, 11) is 1.61. The van der Waals surface area contributed by atoms with Crippen LogP contribution in [-0.2, 0) is 10.3 Å². The zero-order valence-corrected chi connectivity index (χ0v) is 16.4. The zero-order valence-electron chi connectivity index (χ0n) is 14.8. The molecule has 4 nitrogen and oxygen atoms in total. The molecular weight excluding hydrogens is 385 g/mol. The van der Waals surface area contributed by atoms with Gasteiger partial charge >= 0.3 is 0 Å². The number of amides is 1. The van der Waals surface area contributed by atoms with Crippen LogP contribution in [0.4, 0.5) is 4.39 Å². The van der Waals surface area contributed by atoms with Crippen molar-refractivity contribution in [2.24, 2.45) is 10.7 Å². The molecule has 1 aliphatic rings. The lowest BCUT2D eigenvalue weighted by Crippen LogP contribution is -2.47. The molecule has 27 heavy (non-hydrogen) atoms. The molecule has 4 rings (SSSR count). The van der Waals surface area contributed by atoms with Crippen LogP contribution in [0.5, 0.6) is 0 Å². The van der Waals surface area contributed by atoms with Gasteiger partial charge in [-0.05, 0) is 59.7 Å². The zero-order chi connectivity index (χ0) is 19.3. The lowest BCUT2D eigenvalue weighted by Gasteiger charge is -2.34. The maximum absolute atomic E-state index is 13.9. The Morgan fingerprint density at radius 2 is 2.04 bits per heavy atom. The van der Waals surface area contributed by atoms with Gasteiger partial charge in [-0.25, -0.2) is 9.38 Å². The van der Waals surface area contributed by atoms with Crippen LogP contribution >= 0.6 is 22.9 Å². The molecule has 2 heterocycles. The van der Waals surface area contributed by atoms with E-state index in [-0.39, 0.29) is 24.1 Å². The number of thiophene rings is 1. The first-order valence-corrected chi connectivity index (χ1v) is 9.63. The monoisotopic (exact) mass is 401 g/mol. The number of hydrogen-bond acceptors (Lipinski definition) is 4. The van der Waals surface area contributed by atoms with Crippen LogP contribution in [0.3, 0.4) is 0 Å². The Morgan fingerprint density at radius 3 is 2.78 bits per heavy atom. The van der Waals surface area contributed by atoms with Gasteiger partial charge in [0.25, 0.3) is 0 Å². The van der Waals surface area contributed by atoms with Gasteiger partial charge in [0, 0.05) is 27.9 Å². The maximum Gasteiger partial charge on any atom is 0.231 e. The van der Waals surface area contributed by atoms with Gasteiger partial charge in [-0.2, -0.15) is 0 Å². The van der Waals surface area contributed by atoms with Gasteiger partial charge in [-0.15, -0.1) is 11.3 Å². The fourth-order valence-corrected chi connectivity index (χ4v) is 4.50. The number of aliphatic imine (C=N–C) groups is 1. The van der Waals surface area contributed by atoms with Gasteiger partial charge in [0.2, 0.25) is 5.91 Å². The van der Waals surface area contributed by atoms with Crippen molar-refractivity contribution in [1.29, 1.82) is 0 Å². The summed E-state index contributed by atoms with van der Waals surface area (Å²) < 4.78 is 14.9. The number of hydrogen-bond donors (Lipinski definition) is 1. The standard InChI is InChI=1S/C20H17ClFN3OS/c1-20(10-17(26)25(2)19(23)24-20)12-7-11-5-6-27-18(11)15(8-12)14-9-13(22)3-4-16(14)21/h3-9H,10H2,1-2H3,(H2,23,24)/t20-/m0/s1. The molecular formula is C20H17ClFN3OS. The van der Waals surface area contributed by atoms with E-state index in [0.29, 0.717) is 10.6 Å². The average molecular weight is 402 g/mol. The maximum atomic E-state index is 13.9. The number of guanidine groups is 1. The normalized spacial score (nSPS) is 20.2. The summed E-state index contributed by atoms with van der Waals surface area (Å²) in [6.45, 7) is 1.88. The van der Waals surface area contributed by atoms with Crippen molar-refractivity contribution in [3.05, 3.63) is 58.2 Å². The predicted molar refractivity (Wildman–Crippen MR) is 109 cm³/mol. The second-order valence-electron chi connectivity index (χ2n) is 6.86. The van der Waals surface area contributed by atoms with E-state index >= 15 is 0 Å². The van der Waals surface area contributed by atoms with E-state index in [1.807, 2.05) is 30.5 Å². The van der Waals surface area contributed by atoms with Gasteiger partial charge in [0.15, 0.2) is 5.96 Å². The molecule has 0 bridgehead atoms. The Kier molecular flexibility index (Phi) is 4.20. The summed E-state index contributed by atoms with van der Waals surface area (Å²) in [5, 5.41) is 3.44. The SMILES string of the molecule is CN1C(=O)C[C@@](C)(c2cc(-c3cc(F)ccc3Cl)c3sccc3c2)N=C1N. The number of carbonyl (C=O) groups excluding carboxylic acids is 1. The van der Waals surface area contributed by atoms with Crippen molar-refractivity contribution < 1.29 is 9.18 Å². The van der Waals surface area contributed by atoms with Crippen molar-refractivity contribution in [1.82, 2.24) is 4.90 Å². The largest absolute Gasteiger partial charge is 0.369 e. The highest BCUT2D eigenvalue weighted by Crippen LogP contribution is 2.42. The number of rotatable bonds is 2. The van der Waals surface area contributed by atoms with E-state index in [2.05, 4.69) is 4.99 Å². The average Bonchev–Trinajstić information content (AvgIpc) is 3.09. The Balaban J connectivity index is 1.97. The van der Waals surface area contributed by atoms with E-state index in [1.165, 1.54) is 17.0 Å². The Hall–Kier alpha value is -2.44. The van der Waals surface area contributed by atoms with Crippen LogP contribution in [0, 0.1) is 5.82 Å². The highest BCUT2D eigenvalue weighted by molar-refractivity contribution is 7.17. The molecule has 1 aliphatic heterocycles. The van der Waals surface area contributed by atoms with Crippen LogP contribution in [0.15, 0.2) is 46.8 Å². The van der Waals surface area contributed by atoms with Gasteiger partial charge in [0.05, 0.1) is 12.0 Å². The molecule has 0 fully saturated rings. The fraction of sp³-hybridized carbons (Fsp3) is 0.200. The fourth-order valence-electron chi connectivity index (χ4n) is 3.37. The van der Waals surface area contributed by atoms with E-state index in [4.69, 9.17) is 17.3 Å². The van der Waals surface area contributed by atoms with Gasteiger partial charge < -0.3 is 5.73 Å². The quantitative estimate of drug-likeness (QED) is 0.673. The van der Waals surface area contributed by atoms with Crippen molar-refractivity contribution in [2.45, 2.75) is 18.9 Å². The first-order chi connectivity index (χ1) is 12.8. The number of nitrogens with zero attached hydrogens (tertiary/aromatic N) is 2. The Bertz CT molecular complexity index is 1110. The third kappa shape index (κ3) is 2.99. The number of nitrogens with two attached hydrogens (primary N) is 1. The Labute approximate surface area is 165 Å². The van der Waals surface area contributed by atoms with Gasteiger partial charge in [-0.1, -0.05) is 11.6 Å². The van der Waals surface area contributed by atoms with Crippen molar-refractivity contribution in [3.63, 3.8) is 0 Å². The summed E-state index contributed by atoms with van der Waals surface area (Å²) in [5.74, 6) is -0.266. The lowest BCUT2D eigenvalue weighted by atomic mass is 9.85. The van der Waals surface area contributed by atoms with Gasteiger partial charge in [0.1, 0.15) is 5.82 Å². The first-order valence-electron chi connectivity index (χ1n) is 8.37. The summed E-state index contributed by atoms with van der Waals surface area (Å²) >= 11 is 7.93. The third-order valence-electron chi connectivity index (χ3n) is 4.97. The molecule has 7 heteroatoms. The minimum absolute atomic E-state index is 0.0965. The highest BCUT2D eigenvalue weighted by Gasteiger charge is 2.36. The highest BCUT2D eigenvalue weighted by atomic mass is 35.5. The van der Waals surface area contributed by atoms with Crippen molar-refractivity contribution in [2.75, 3.05) is 7.05 Å². The second kappa shape index (κ2) is 6.32. The smallest absolute Gasteiger partial charge is 0.231 e. The Morgan fingerprint density at radius 1 is 1.26 bits per heavy atom. The lowest BCUT2D eigenvalue weighted by molar-refractivity contribution is -0.128. The molecule has 0 radical (unpaired) electrons. The first kappa shape index (κ1) is 17.9. The number of fused-ring (bicyclic) bond motifs is 1. The molecule has 0 unspecified atom stereocenters. The number of carbonyl (C=O) groups is 1. The van der Waals surface area contributed by atoms with Crippen LogP contribution in [0.25, 0.3) is 21.2 Å². The predicted octanol–water partition coefficient (Wildman–Crippen LogP) is 4.75. The molecule has 138 valence electrons. The summed E-state index contributed by atoms with van der Waals surface area (Å²) in [6.07, 6.45) is 0.205. The van der Waals surface area contributed by atoms with E-state index in [1.54, 1.807) is 24.5 Å². The van der Waals surface area contributed by atoms with Crippen LogP contribution < -0.4 is 5.73 Å². The minimum Gasteiger partial charge on any atom is -0.369 e. The van der Waals surface area contributed by atoms with Crippen LogP contribution in [-0.4, -0.2) is 23.8 Å². The molecule has 0 saturated carbocycles. The molecule has 0 spiro atoms. The van der Waals surface area contributed by atoms with Crippen molar-refractivity contribution in [3.8, 4) is 11.1 Å². The van der Waals surface area contributed by atoms with Crippen molar-refractivity contribution >= 4 is 44.9 Å².